The maximum atomic E-state index is 6.65. The van der Waals surface area contributed by atoms with E-state index >= 15 is 0 Å². The first-order valence-corrected chi connectivity index (χ1v) is 7.48. The Morgan fingerprint density at radius 2 is 1.65 bits per heavy atom. The lowest BCUT2D eigenvalue weighted by Gasteiger charge is -2.21. The molecule has 0 amide bonds. The van der Waals surface area contributed by atoms with Crippen molar-refractivity contribution in [1.82, 2.24) is 0 Å². The number of hydrogen-bond acceptors (Lipinski definition) is 0. The fourth-order valence-corrected chi connectivity index (χ4v) is 3.21. The quantitative estimate of drug-likeness (QED) is 0.491. The summed E-state index contributed by atoms with van der Waals surface area (Å²) in [5, 5.41) is 0.221. The van der Waals surface area contributed by atoms with Crippen LogP contribution in [0.2, 0.25) is 0 Å². The van der Waals surface area contributed by atoms with E-state index in [1.807, 2.05) is 0 Å². The number of benzene rings is 1. The van der Waals surface area contributed by atoms with Crippen LogP contribution < -0.4 is 0 Å². The lowest BCUT2D eigenvalue weighted by atomic mass is 9.91. The van der Waals surface area contributed by atoms with Gasteiger partial charge in [-0.3, -0.25) is 0 Å². The van der Waals surface area contributed by atoms with Gasteiger partial charge in [0.15, 0.2) is 0 Å². The summed E-state index contributed by atoms with van der Waals surface area (Å²) in [6, 6.07) is 8.89. The number of aryl methyl sites for hydroxylation is 1. The van der Waals surface area contributed by atoms with Crippen molar-refractivity contribution in [3.63, 3.8) is 0 Å². The van der Waals surface area contributed by atoms with Crippen molar-refractivity contribution in [3.05, 3.63) is 35.4 Å². The van der Waals surface area contributed by atoms with Gasteiger partial charge in [0, 0.05) is 0 Å². The maximum Gasteiger partial charge on any atom is 0.0613 e. The fraction of sp³-hybridized carbons (Fsp3) is 0.625. The first-order chi connectivity index (χ1) is 8.31. The van der Waals surface area contributed by atoms with E-state index in [0.29, 0.717) is 5.92 Å². The summed E-state index contributed by atoms with van der Waals surface area (Å²) >= 11 is 6.65. The molecule has 1 aromatic rings. The van der Waals surface area contributed by atoms with Crippen molar-refractivity contribution in [2.45, 2.75) is 57.2 Å². The van der Waals surface area contributed by atoms with Crippen molar-refractivity contribution >= 4 is 11.6 Å². The van der Waals surface area contributed by atoms with E-state index in [2.05, 4.69) is 31.2 Å². The molecule has 1 saturated carbocycles. The van der Waals surface area contributed by atoms with E-state index in [-0.39, 0.29) is 5.38 Å². The number of hydrogen-bond donors (Lipinski definition) is 0. The van der Waals surface area contributed by atoms with Crippen LogP contribution in [0, 0.1) is 5.92 Å². The molecule has 0 aliphatic heterocycles. The van der Waals surface area contributed by atoms with E-state index in [1.54, 1.807) is 0 Å². The van der Waals surface area contributed by atoms with Crippen LogP contribution in [0.1, 0.15) is 62.0 Å². The van der Waals surface area contributed by atoms with Crippen LogP contribution in [-0.4, -0.2) is 0 Å². The second-order valence-electron chi connectivity index (χ2n) is 5.25. The molecule has 17 heavy (non-hydrogen) atoms. The van der Waals surface area contributed by atoms with Crippen molar-refractivity contribution in [3.8, 4) is 0 Å². The zero-order valence-electron chi connectivity index (χ0n) is 10.8. The van der Waals surface area contributed by atoms with E-state index in [0.717, 1.165) is 6.42 Å². The number of halogens is 1. The Kier molecular flexibility index (Phi) is 4.91. The highest BCUT2D eigenvalue weighted by Crippen LogP contribution is 2.37. The Labute approximate surface area is 110 Å². The Balaban J connectivity index is 2.03. The third-order valence-corrected chi connectivity index (χ3v) is 4.63. The zero-order chi connectivity index (χ0) is 12.1. The second kappa shape index (κ2) is 6.44. The van der Waals surface area contributed by atoms with Gasteiger partial charge in [-0.15, -0.1) is 11.6 Å². The monoisotopic (exact) mass is 250 g/mol. The SMILES string of the molecule is CCc1ccc(C(Cl)C2CCCCCC2)cc1. The Morgan fingerprint density at radius 3 is 2.18 bits per heavy atom. The zero-order valence-corrected chi connectivity index (χ0v) is 11.5. The maximum absolute atomic E-state index is 6.65. The molecule has 1 aliphatic carbocycles. The molecule has 0 bridgehead atoms. The molecule has 1 unspecified atom stereocenters. The molecule has 0 saturated heterocycles. The lowest BCUT2D eigenvalue weighted by Crippen LogP contribution is -2.07. The third kappa shape index (κ3) is 3.48. The van der Waals surface area contributed by atoms with Gasteiger partial charge in [-0.25, -0.2) is 0 Å². The van der Waals surface area contributed by atoms with Crippen LogP contribution in [0.25, 0.3) is 0 Å². The van der Waals surface area contributed by atoms with Crippen molar-refractivity contribution in [2.75, 3.05) is 0 Å². The highest BCUT2D eigenvalue weighted by atomic mass is 35.5. The number of alkyl halides is 1. The topological polar surface area (TPSA) is 0 Å². The molecule has 2 rings (SSSR count). The molecule has 0 spiro atoms. The van der Waals surface area contributed by atoms with Gasteiger partial charge in [-0.2, -0.15) is 0 Å². The van der Waals surface area contributed by atoms with E-state index < -0.39 is 0 Å². The molecule has 0 nitrogen and oxygen atoms in total. The Bertz CT molecular complexity index is 320. The van der Waals surface area contributed by atoms with Gasteiger partial charge in [0.2, 0.25) is 0 Å². The van der Waals surface area contributed by atoms with Gasteiger partial charge in [0.1, 0.15) is 0 Å². The molecule has 0 aromatic heterocycles. The molecular formula is C16H23Cl. The van der Waals surface area contributed by atoms with Crippen LogP contribution in [-0.2, 0) is 6.42 Å². The van der Waals surface area contributed by atoms with Gasteiger partial charge in [0.25, 0.3) is 0 Å². The average Bonchev–Trinajstić information content (AvgIpc) is 2.67. The Morgan fingerprint density at radius 1 is 1.06 bits per heavy atom. The summed E-state index contributed by atoms with van der Waals surface area (Å²) in [4.78, 5) is 0. The predicted molar refractivity (Wildman–Crippen MR) is 75.6 cm³/mol. The molecule has 94 valence electrons. The number of rotatable bonds is 3. The molecule has 1 heteroatoms. The highest BCUT2D eigenvalue weighted by molar-refractivity contribution is 6.21. The third-order valence-electron chi connectivity index (χ3n) is 4.02. The summed E-state index contributed by atoms with van der Waals surface area (Å²) in [6.07, 6.45) is 9.25. The summed E-state index contributed by atoms with van der Waals surface area (Å²) in [6.45, 7) is 2.19. The fourth-order valence-electron chi connectivity index (χ4n) is 2.81. The predicted octanol–water partition coefficient (Wildman–Crippen LogP) is 5.50. The van der Waals surface area contributed by atoms with Gasteiger partial charge in [-0.1, -0.05) is 56.9 Å². The van der Waals surface area contributed by atoms with Crippen LogP contribution in [0.3, 0.4) is 0 Å². The van der Waals surface area contributed by atoms with Crippen LogP contribution >= 0.6 is 11.6 Å². The summed E-state index contributed by atoms with van der Waals surface area (Å²) in [7, 11) is 0. The normalized spacial score (nSPS) is 19.9. The summed E-state index contributed by atoms with van der Waals surface area (Å²) in [5.41, 5.74) is 2.72. The molecule has 1 aromatic carbocycles. The van der Waals surface area contributed by atoms with Gasteiger partial charge >= 0.3 is 0 Å². The van der Waals surface area contributed by atoms with E-state index in [1.165, 1.54) is 49.7 Å². The smallest absolute Gasteiger partial charge is 0.0613 e. The molecular weight excluding hydrogens is 228 g/mol. The van der Waals surface area contributed by atoms with Gasteiger partial charge < -0.3 is 0 Å². The minimum Gasteiger partial charge on any atom is -0.118 e. The lowest BCUT2D eigenvalue weighted by molar-refractivity contribution is 0.445. The van der Waals surface area contributed by atoms with Crippen molar-refractivity contribution < 1.29 is 0 Å². The Hall–Kier alpha value is -0.490. The standard InChI is InChI=1S/C16H23Cl/c1-2-13-9-11-15(12-10-13)16(17)14-7-5-3-4-6-8-14/h9-12,14,16H,2-8H2,1H3. The molecule has 1 aliphatic rings. The van der Waals surface area contributed by atoms with Gasteiger partial charge in [-0.05, 0) is 36.3 Å². The van der Waals surface area contributed by atoms with Crippen LogP contribution in [0.5, 0.6) is 0 Å². The average molecular weight is 251 g/mol. The first kappa shape index (κ1) is 13.0. The minimum atomic E-state index is 0.221. The summed E-state index contributed by atoms with van der Waals surface area (Å²) in [5.74, 6) is 0.687. The largest absolute Gasteiger partial charge is 0.118 e. The van der Waals surface area contributed by atoms with Crippen molar-refractivity contribution in [1.29, 1.82) is 0 Å². The minimum absolute atomic E-state index is 0.221. The van der Waals surface area contributed by atoms with E-state index in [9.17, 15) is 0 Å². The second-order valence-corrected chi connectivity index (χ2v) is 5.72. The molecule has 0 heterocycles. The van der Waals surface area contributed by atoms with Crippen molar-refractivity contribution in [2.24, 2.45) is 5.92 Å². The van der Waals surface area contributed by atoms with E-state index in [4.69, 9.17) is 11.6 Å². The molecule has 0 radical (unpaired) electrons. The molecule has 1 fully saturated rings. The molecule has 1 atom stereocenters. The van der Waals surface area contributed by atoms with Gasteiger partial charge in [0.05, 0.1) is 5.38 Å². The highest BCUT2D eigenvalue weighted by Gasteiger charge is 2.21. The van der Waals surface area contributed by atoms with Crippen LogP contribution in [0.15, 0.2) is 24.3 Å². The summed E-state index contributed by atoms with van der Waals surface area (Å²) < 4.78 is 0. The molecule has 0 N–H and O–H groups in total. The first-order valence-electron chi connectivity index (χ1n) is 7.04. The van der Waals surface area contributed by atoms with Crippen LogP contribution in [0.4, 0.5) is 0 Å².